The Hall–Kier alpha value is -0.643. The minimum atomic E-state index is -0.217. The smallest absolute Gasteiger partial charge is 0.140 e. The van der Waals surface area contributed by atoms with Gasteiger partial charge in [-0.3, -0.25) is 8.80 Å². The molecule has 0 saturated carbocycles. The summed E-state index contributed by atoms with van der Waals surface area (Å²) < 4.78 is 7.77. The Kier molecular flexibility index (Phi) is 5.01. The number of halogens is 1. The fourth-order valence-electron chi connectivity index (χ4n) is 0.963. The number of nitriles is 1. The molecule has 0 fully saturated rings. The molecule has 1 rings (SSSR count). The van der Waals surface area contributed by atoms with Gasteiger partial charge in [-0.2, -0.15) is 29.5 Å². The first-order valence-electron chi connectivity index (χ1n) is 4.63. The minimum absolute atomic E-state index is 0.217. The second-order valence-electron chi connectivity index (χ2n) is 3.45. The maximum absolute atomic E-state index is 8.71. The highest BCUT2D eigenvalue weighted by atomic mass is 79.9. The van der Waals surface area contributed by atoms with E-state index in [2.05, 4.69) is 34.1 Å². The van der Waals surface area contributed by atoms with Gasteiger partial charge in [0.05, 0.1) is 6.20 Å². The lowest BCUT2D eigenvalue weighted by atomic mass is 10.4. The Balaban J connectivity index is 2.38. The van der Waals surface area contributed by atoms with Crippen LogP contribution in [0.25, 0.3) is 0 Å². The second kappa shape index (κ2) is 6.05. The Morgan fingerprint density at radius 3 is 2.93 bits per heavy atom. The lowest BCUT2D eigenvalue weighted by Gasteiger charge is -2.14. The third-order valence-electron chi connectivity index (χ3n) is 1.86. The summed E-state index contributed by atoms with van der Waals surface area (Å²) in [5.74, 6) is 0. The SMILES string of the molecule is C[Si-](C)CCOCn1ncc(C#N)c1Br. The molecule has 0 atom stereocenters. The van der Waals surface area contributed by atoms with E-state index in [0.29, 0.717) is 16.9 Å². The number of rotatable bonds is 5. The number of ether oxygens (including phenoxy) is 1. The monoisotopic (exact) mass is 286 g/mol. The Bertz CT molecular complexity index is 359. The van der Waals surface area contributed by atoms with Crippen LogP contribution in [0.3, 0.4) is 0 Å². The molecule has 0 spiro atoms. The van der Waals surface area contributed by atoms with Gasteiger partial charge in [-0.25, -0.2) is 4.68 Å². The van der Waals surface area contributed by atoms with Crippen LogP contribution in [0.2, 0.25) is 19.1 Å². The normalized spacial score (nSPS) is 10.6. The zero-order chi connectivity index (χ0) is 11.3. The minimum Gasteiger partial charge on any atom is -0.362 e. The molecule has 0 N–H and O–H groups in total. The van der Waals surface area contributed by atoms with E-state index >= 15 is 0 Å². The topological polar surface area (TPSA) is 50.8 Å². The first kappa shape index (κ1) is 12.4. The zero-order valence-corrected chi connectivity index (χ0v) is 11.4. The Morgan fingerprint density at radius 2 is 2.40 bits per heavy atom. The van der Waals surface area contributed by atoms with Crippen LogP contribution in [0.1, 0.15) is 5.56 Å². The third-order valence-corrected chi connectivity index (χ3v) is 3.90. The van der Waals surface area contributed by atoms with Gasteiger partial charge in [-0.05, 0) is 15.9 Å². The van der Waals surface area contributed by atoms with Crippen molar-refractivity contribution in [3.05, 3.63) is 16.4 Å². The summed E-state index contributed by atoms with van der Waals surface area (Å²) in [7, 11) is -0.217. The van der Waals surface area contributed by atoms with E-state index in [0.717, 1.165) is 12.7 Å². The van der Waals surface area contributed by atoms with Gasteiger partial charge in [-0.1, -0.05) is 0 Å². The fraction of sp³-hybridized carbons (Fsp3) is 0.556. The van der Waals surface area contributed by atoms with Crippen LogP contribution in [0.15, 0.2) is 10.8 Å². The van der Waals surface area contributed by atoms with Crippen molar-refractivity contribution in [2.75, 3.05) is 6.61 Å². The standard InChI is InChI=1S/C9H13BrN3OSi/c1-15(2)4-3-14-7-13-9(10)8(5-11)6-12-13/h6H,3-4,7H2,1-2H3/q-1. The maximum atomic E-state index is 8.71. The molecular formula is C9H13BrN3OSi-. The van der Waals surface area contributed by atoms with Crippen molar-refractivity contribution in [3.63, 3.8) is 0 Å². The molecule has 15 heavy (non-hydrogen) atoms. The highest BCUT2D eigenvalue weighted by Crippen LogP contribution is 2.14. The summed E-state index contributed by atoms with van der Waals surface area (Å²) in [5.41, 5.74) is 0.536. The van der Waals surface area contributed by atoms with Gasteiger partial charge in [0.2, 0.25) is 0 Å². The van der Waals surface area contributed by atoms with Crippen LogP contribution in [0.5, 0.6) is 0 Å². The molecule has 6 heteroatoms. The molecule has 0 amide bonds. The lowest BCUT2D eigenvalue weighted by molar-refractivity contribution is 0.0773. The van der Waals surface area contributed by atoms with E-state index in [4.69, 9.17) is 10.00 Å². The van der Waals surface area contributed by atoms with Crippen molar-refractivity contribution in [1.29, 1.82) is 5.26 Å². The average Bonchev–Trinajstić information content (AvgIpc) is 2.54. The van der Waals surface area contributed by atoms with Gasteiger partial charge in [0.25, 0.3) is 0 Å². The van der Waals surface area contributed by atoms with Gasteiger partial charge in [0.15, 0.2) is 0 Å². The summed E-state index contributed by atoms with van der Waals surface area (Å²) in [4.78, 5) is 0. The Morgan fingerprint density at radius 1 is 1.67 bits per heavy atom. The fourth-order valence-corrected chi connectivity index (χ4v) is 1.90. The van der Waals surface area contributed by atoms with Gasteiger partial charge in [-0.15, -0.1) is 0 Å². The van der Waals surface area contributed by atoms with E-state index in [-0.39, 0.29) is 8.80 Å². The molecule has 1 heterocycles. The molecule has 0 unspecified atom stereocenters. The van der Waals surface area contributed by atoms with E-state index in [1.165, 1.54) is 6.20 Å². The third kappa shape index (κ3) is 3.78. The molecule has 0 aromatic carbocycles. The summed E-state index contributed by atoms with van der Waals surface area (Å²) in [6.45, 7) is 5.67. The number of hydrogen-bond acceptors (Lipinski definition) is 3. The summed E-state index contributed by atoms with van der Waals surface area (Å²) in [6, 6.07) is 3.18. The first-order valence-corrected chi connectivity index (χ1v) is 8.13. The van der Waals surface area contributed by atoms with Gasteiger partial charge in [0.1, 0.15) is 23.0 Å². The summed E-state index contributed by atoms with van der Waals surface area (Å²) in [6.07, 6.45) is 1.53. The highest BCUT2D eigenvalue weighted by molar-refractivity contribution is 9.10. The molecule has 0 aliphatic carbocycles. The molecule has 1 aromatic rings. The van der Waals surface area contributed by atoms with Gasteiger partial charge in [0, 0.05) is 6.61 Å². The van der Waals surface area contributed by atoms with Crippen molar-refractivity contribution in [2.24, 2.45) is 0 Å². The number of nitrogens with zero attached hydrogens (tertiary/aromatic N) is 3. The largest absolute Gasteiger partial charge is 0.362 e. The zero-order valence-electron chi connectivity index (χ0n) is 8.83. The molecule has 4 nitrogen and oxygen atoms in total. The van der Waals surface area contributed by atoms with Crippen molar-refractivity contribution in [1.82, 2.24) is 9.78 Å². The van der Waals surface area contributed by atoms with E-state index in [9.17, 15) is 0 Å². The van der Waals surface area contributed by atoms with Crippen LogP contribution in [-0.4, -0.2) is 25.2 Å². The van der Waals surface area contributed by atoms with E-state index in [1.807, 2.05) is 6.07 Å². The molecule has 1 aromatic heterocycles. The average molecular weight is 287 g/mol. The van der Waals surface area contributed by atoms with Crippen molar-refractivity contribution < 1.29 is 4.74 Å². The number of aromatic nitrogens is 2. The predicted molar refractivity (Wildman–Crippen MR) is 62.9 cm³/mol. The molecule has 82 valence electrons. The molecule has 0 radical (unpaired) electrons. The quantitative estimate of drug-likeness (QED) is 0.616. The molecule has 0 aliphatic heterocycles. The van der Waals surface area contributed by atoms with Crippen LogP contribution >= 0.6 is 15.9 Å². The van der Waals surface area contributed by atoms with Crippen LogP contribution in [-0.2, 0) is 11.5 Å². The van der Waals surface area contributed by atoms with Gasteiger partial charge >= 0.3 is 0 Å². The highest BCUT2D eigenvalue weighted by Gasteiger charge is 2.06. The first-order chi connectivity index (χ1) is 7.15. The van der Waals surface area contributed by atoms with Crippen molar-refractivity contribution in [3.8, 4) is 6.07 Å². The van der Waals surface area contributed by atoms with Crippen molar-refractivity contribution in [2.45, 2.75) is 25.9 Å². The summed E-state index contributed by atoms with van der Waals surface area (Å²) >= 11 is 3.30. The lowest BCUT2D eigenvalue weighted by Crippen LogP contribution is -2.09. The molecular weight excluding hydrogens is 274 g/mol. The van der Waals surface area contributed by atoms with Crippen LogP contribution in [0.4, 0.5) is 0 Å². The van der Waals surface area contributed by atoms with Crippen molar-refractivity contribution >= 4 is 24.7 Å². The number of hydrogen-bond donors (Lipinski definition) is 0. The van der Waals surface area contributed by atoms with E-state index in [1.54, 1.807) is 4.68 Å². The molecule has 0 saturated heterocycles. The predicted octanol–water partition coefficient (Wildman–Crippen LogP) is 2.25. The van der Waals surface area contributed by atoms with E-state index < -0.39 is 0 Å². The maximum Gasteiger partial charge on any atom is 0.140 e. The van der Waals surface area contributed by atoms with Crippen LogP contribution in [0, 0.1) is 11.3 Å². The molecule has 0 aliphatic rings. The van der Waals surface area contributed by atoms with Gasteiger partial charge < -0.3 is 4.74 Å². The molecule has 0 bridgehead atoms. The second-order valence-corrected chi connectivity index (χ2v) is 7.12. The summed E-state index contributed by atoms with van der Waals surface area (Å²) in [5, 5.41) is 12.7. The Labute approximate surface area is 99.6 Å². The van der Waals surface area contributed by atoms with Crippen LogP contribution < -0.4 is 0 Å².